The van der Waals surface area contributed by atoms with Crippen molar-refractivity contribution in [3.05, 3.63) is 27.9 Å². The maximum atomic E-state index is 11.2. The van der Waals surface area contributed by atoms with Gasteiger partial charge in [-0.3, -0.25) is 4.57 Å². The van der Waals surface area contributed by atoms with Crippen molar-refractivity contribution in [2.45, 2.75) is 26.7 Å². The van der Waals surface area contributed by atoms with Crippen molar-refractivity contribution in [1.82, 2.24) is 9.55 Å². The van der Waals surface area contributed by atoms with E-state index in [-0.39, 0.29) is 5.69 Å². The van der Waals surface area contributed by atoms with Gasteiger partial charge >= 0.3 is 5.69 Å². The molecule has 0 saturated carbocycles. The molecule has 0 aliphatic carbocycles. The monoisotopic (exact) mass is 166 g/mol. The third kappa shape index (κ3) is 1.72. The lowest BCUT2D eigenvalue weighted by atomic mass is 10.2. The van der Waals surface area contributed by atoms with Crippen molar-refractivity contribution < 1.29 is 0 Å². The Morgan fingerprint density at radius 2 is 2.25 bits per heavy atom. The number of nitrogens with zero attached hydrogens (tertiary/aromatic N) is 2. The van der Waals surface area contributed by atoms with E-state index in [1.165, 1.54) is 0 Å². The highest BCUT2D eigenvalue weighted by Crippen LogP contribution is 2.00. The summed E-state index contributed by atoms with van der Waals surface area (Å²) in [6.45, 7) is 3.95. The Labute approximate surface area is 72.1 Å². The summed E-state index contributed by atoms with van der Waals surface area (Å²) >= 11 is 0. The Morgan fingerprint density at radius 3 is 2.83 bits per heavy atom. The second-order valence-corrected chi connectivity index (χ2v) is 2.98. The van der Waals surface area contributed by atoms with E-state index in [9.17, 15) is 4.79 Å². The molecule has 0 aromatic carbocycles. The normalized spacial score (nSPS) is 10.2. The van der Waals surface area contributed by atoms with Gasteiger partial charge < -0.3 is 0 Å². The van der Waals surface area contributed by atoms with Gasteiger partial charge in [0, 0.05) is 18.4 Å². The summed E-state index contributed by atoms with van der Waals surface area (Å²) in [7, 11) is 1.76. The lowest BCUT2D eigenvalue weighted by Crippen LogP contribution is -2.23. The van der Waals surface area contributed by atoms with E-state index in [0.29, 0.717) is 0 Å². The minimum absolute atomic E-state index is 0.154. The molecule has 0 saturated heterocycles. The summed E-state index contributed by atoms with van der Waals surface area (Å²) in [6, 6.07) is 1.96. The molecule has 1 heterocycles. The molecular formula is C9H14N2O. The molecule has 0 bridgehead atoms. The van der Waals surface area contributed by atoms with Gasteiger partial charge in [0.15, 0.2) is 0 Å². The quantitative estimate of drug-likeness (QED) is 0.658. The van der Waals surface area contributed by atoms with Crippen LogP contribution in [0.3, 0.4) is 0 Å². The maximum Gasteiger partial charge on any atom is 0.347 e. The highest BCUT2D eigenvalue weighted by molar-refractivity contribution is 5.08. The van der Waals surface area contributed by atoms with Crippen LogP contribution in [0, 0.1) is 6.92 Å². The largest absolute Gasteiger partial charge is 0.347 e. The number of aromatic nitrogens is 2. The molecule has 0 unspecified atom stereocenters. The van der Waals surface area contributed by atoms with Crippen molar-refractivity contribution in [1.29, 1.82) is 0 Å². The minimum atomic E-state index is -0.154. The second kappa shape index (κ2) is 3.52. The Balaban J connectivity index is 3.18. The lowest BCUT2D eigenvalue weighted by Gasteiger charge is -2.05. The fraction of sp³-hybridized carbons (Fsp3) is 0.556. The van der Waals surface area contributed by atoms with Crippen molar-refractivity contribution in [2.75, 3.05) is 0 Å². The SMILES string of the molecule is CCCc1cc(C)nc(=O)n1C. The predicted molar refractivity (Wildman–Crippen MR) is 48.2 cm³/mol. The molecule has 66 valence electrons. The molecule has 0 N–H and O–H groups in total. The lowest BCUT2D eigenvalue weighted by molar-refractivity contribution is 0.712. The van der Waals surface area contributed by atoms with Gasteiger partial charge in [0.05, 0.1) is 0 Å². The number of hydrogen-bond acceptors (Lipinski definition) is 2. The van der Waals surface area contributed by atoms with Gasteiger partial charge in [-0.2, -0.15) is 4.98 Å². The van der Waals surface area contributed by atoms with Gasteiger partial charge in [-0.05, 0) is 19.4 Å². The van der Waals surface area contributed by atoms with Gasteiger partial charge in [-0.25, -0.2) is 4.79 Å². The summed E-state index contributed by atoms with van der Waals surface area (Å²) in [5, 5.41) is 0. The molecule has 1 aromatic rings. The molecule has 0 spiro atoms. The molecule has 1 rings (SSSR count). The predicted octanol–water partition coefficient (Wildman–Crippen LogP) is 1.04. The average molecular weight is 166 g/mol. The number of hydrogen-bond donors (Lipinski definition) is 0. The fourth-order valence-corrected chi connectivity index (χ4v) is 1.21. The zero-order valence-electron chi connectivity index (χ0n) is 7.79. The Morgan fingerprint density at radius 1 is 1.58 bits per heavy atom. The minimum Gasteiger partial charge on any atom is -0.299 e. The van der Waals surface area contributed by atoms with Gasteiger partial charge in [-0.15, -0.1) is 0 Å². The van der Waals surface area contributed by atoms with Crippen LogP contribution in [0.1, 0.15) is 24.7 Å². The molecule has 3 heteroatoms. The Hall–Kier alpha value is -1.12. The van der Waals surface area contributed by atoms with Crippen molar-refractivity contribution in [3.8, 4) is 0 Å². The van der Waals surface area contributed by atoms with Crippen molar-refractivity contribution in [3.63, 3.8) is 0 Å². The molecule has 0 aliphatic heterocycles. The topological polar surface area (TPSA) is 34.9 Å². The van der Waals surface area contributed by atoms with E-state index in [1.807, 2.05) is 13.0 Å². The van der Waals surface area contributed by atoms with Gasteiger partial charge in [0.1, 0.15) is 0 Å². The van der Waals surface area contributed by atoms with E-state index >= 15 is 0 Å². The molecule has 1 aromatic heterocycles. The zero-order valence-corrected chi connectivity index (χ0v) is 7.79. The molecule has 0 radical (unpaired) electrons. The van der Waals surface area contributed by atoms with Crippen LogP contribution < -0.4 is 5.69 Å². The van der Waals surface area contributed by atoms with E-state index in [4.69, 9.17) is 0 Å². The van der Waals surface area contributed by atoms with Crippen LogP contribution >= 0.6 is 0 Å². The smallest absolute Gasteiger partial charge is 0.299 e. The third-order valence-corrected chi connectivity index (χ3v) is 1.87. The van der Waals surface area contributed by atoms with Crippen LogP contribution in [0.5, 0.6) is 0 Å². The molecule has 0 fully saturated rings. The molecule has 0 atom stereocenters. The Bertz CT molecular complexity index is 328. The second-order valence-electron chi connectivity index (χ2n) is 2.98. The fourth-order valence-electron chi connectivity index (χ4n) is 1.21. The van der Waals surface area contributed by atoms with Crippen LogP contribution in [0.25, 0.3) is 0 Å². The van der Waals surface area contributed by atoms with Crippen LogP contribution in [0.15, 0.2) is 10.9 Å². The molecule has 0 aliphatic rings. The van der Waals surface area contributed by atoms with Crippen LogP contribution in [0.4, 0.5) is 0 Å². The molecule has 3 nitrogen and oxygen atoms in total. The van der Waals surface area contributed by atoms with E-state index in [2.05, 4.69) is 11.9 Å². The summed E-state index contributed by atoms with van der Waals surface area (Å²) in [5.74, 6) is 0. The first-order valence-electron chi connectivity index (χ1n) is 4.18. The summed E-state index contributed by atoms with van der Waals surface area (Å²) in [5.41, 5.74) is 1.72. The highest BCUT2D eigenvalue weighted by Gasteiger charge is 2.00. The third-order valence-electron chi connectivity index (χ3n) is 1.87. The van der Waals surface area contributed by atoms with Crippen LogP contribution in [-0.2, 0) is 13.5 Å². The maximum absolute atomic E-state index is 11.2. The first kappa shape index (κ1) is 8.97. The van der Waals surface area contributed by atoms with E-state index < -0.39 is 0 Å². The van der Waals surface area contributed by atoms with E-state index in [1.54, 1.807) is 11.6 Å². The Kier molecular flexibility index (Phi) is 2.63. The number of aryl methyl sites for hydroxylation is 2. The van der Waals surface area contributed by atoms with Crippen molar-refractivity contribution >= 4 is 0 Å². The summed E-state index contributed by atoms with van der Waals surface area (Å²) in [4.78, 5) is 15.0. The number of rotatable bonds is 2. The van der Waals surface area contributed by atoms with Crippen LogP contribution in [-0.4, -0.2) is 9.55 Å². The van der Waals surface area contributed by atoms with Gasteiger partial charge in [0.25, 0.3) is 0 Å². The van der Waals surface area contributed by atoms with Gasteiger partial charge in [-0.1, -0.05) is 13.3 Å². The molecule has 12 heavy (non-hydrogen) atoms. The average Bonchev–Trinajstić information content (AvgIpc) is 2.00. The molecule has 0 amide bonds. The summed E-state index contributed by atoms with van der Waals surface area (Å²) < 4.78 is 1.61. The summed E-state index contributed by atoms with van der Waals surface area (Å²) in [6.07, 6.45) is 1.99. The first-order valence-corrected chi connectivity index (χ1v) is 4.18. The first-order chi connectivity index (χ1) is 5.65. The van der Waals surface area contributed by atoms with Gasteiger partial charge in [0.2, 0.25) is 0 Å². The molecular weight excluding hydrogens is 152 g/mol. The van der Waals surface area contributed by atoms with Crippen molar-refractivity contribution in [2.24, 2.45) is 7.05 Å². The highest BCUT2D eigenvalue weighted by atomic mass is 16.1. The standard InChI is InChI=1S/C9H14N2O/c1-4-5-8-6-7(2)10-9(12)11(8)3/h6H,4-5H2,1-3H3. The van der Waals surface area contributed by atoms with Crippen LogP contribution in [0.2, 0.25) is 0 Å². The zero-order chi connectivity index (χ0) is 9.14. The van der Waals surface area contributed by atoms with E-state index in [0.717, 1.165) is 24.2 Å².